The highest BCUT2D eigenvalue weighted by molar-refractivity contribution is 5.85. The van der Waals surface area contributed by atoms with Gasteiger partial charge in [-0.1, -0.05) is 19.1 Å². The fourth-order valence-electron chi connectivity index (χ4n) is 3.17. The molecule has 3 N–H and O–H groups in total. The van der Waals surface area contributed by atoms with Crippen LogP contribution in [0.15, 0.2) is 48.7 Å². The molecule has 1 heterocycles. The van der Waals surface area contributed by atoms with Gasteiger partial charge in [0.1, 0.15) is 11.5 Å². The minimum absolute atomic E-state index is 0.238. The standard InChI is InChI=1S/C21H26N2O2/c1-3-9-25-18-6-4-5-15(11-18)10-16(13-22)20-14-23-21-8-7-17(24-2)12-19(20)21/h4-8,11-12,14,16,23H,3,9-10,13,22H2,1-2H3. The van der Waals surface area contributed by atoms with Gasteiger partial charge in [-0.15, -0.1) is 0 Å². The number of rotatable bonds is 8. The van der Waals surface area contributed by atoms with Gasteiger partial charge in [-0.2, -0.15) is 0 Å². The van der Waals surface area contributed by atoms with Gasteiger partial charge < -0.3 is 20.2 Å². The number of nitrogens with two attached hydrogens (primary N) is 1. The molecule has 0 aliphatic heterocycles. The maximum atomic E-state index is 6.12. The minimum Gasteiger partial charge on any atom is -0.497 e. The maximum absolute atomic E-state index is 6.12. The summed E-state index contributed by atoms with van der Waals surface area (Å²) in [5.41, 5.74) is 9.69. The molecule has 0 bridgehead atoms. The van der Waals surface area contributed by atoms with E-state index in [-0.39, 0.29) is 5.92 Å². The lowest BCUT2D eigenvalue weighted by atomic mass is 9.91. The Kier molecular flexibility index (Phi) is 5.61. The van der Waals surface area contributed by atoms with Crippen LogP contribution in [0.2, 0.25) is 0 Å². The quantitative estimate of drug-likeness (QED) is 0.645. The summed E-state index contributed by atoms with van der Waals surface area (Å²) >= 11 is 0. The van der Waals surface area contributed by atoms with Crippen molar-refractivity contribution >= 4 is 10.9 Å². The Hall–Kier alpha value is -2.46. The second kappa shape index (κ2) is 8.08. The van der Waals surface area contributed by atoms with Crippen molar-refractivity contribution in [1.29, 1.82) is 0 Å². The first-order valence-corrected chi connectivity index (χ1v) is 8.82. The molecule has 1 aromatic heterocycles. The zero-order valence-electron chi connectivity index (χ0n) is 14.9. The summed E-state index contributed by atoms with van der Waals surface area (Å²) in [4.78, 5) is 3.34. The predicted molar refractivity (Wildman–Crippen MR) is 103 cm³/mol. The summed E-state index contributed by atoms with van der Waals surface area (Å²) in [5.74, 6) is 2.03. The molecule has 3 aromatic rings. The van der Waals surface area contributed by atoms with E-state index in [2.05, 4.69) is 36.3 Å². The summed E-state index contributed by atoms with van der Waals surface area (Å²) in [5, 5.41) is 1.17. The predicted octanol–water partition coefficient (Wildman–Crippen LogP) is 4.25. The number of benzene rings is 2. The maximum Gasteiger partial charge on any atom is 0.119 e. The number of ether oxygens (including phenoxy) is 2. The number of hydrogen-bond donors (Lipinski definition) is 2. The van der Waals surface area contributed by atoms with Gasteiger partial charge in [0.05, 0.1) is 13.7 Å². The van der Waals surface area contributed by atoms with Crippen molar-refractivity contribution in [3.8, 4) is 11.5 Å². The van der Waals surface area contributed by atoms with Crippen LogP contribution < -0.4 is 15.2 Å². The fraction of sp³-hybridized carbons (Fsp3) is 0.333. The number of fused-ring (bicyclic) bond motifs is 1. The Morgan fingerprint density at radius 1 is 1.12 bits per heavy atom. The lowest BCUT2D eigenvalue weighted by Crippen LogP contribution is -2.14. The van der Waals surface area contributed by atoms with Crippen LogP contribution in [0.5, 0.6) is 11.5 Å². The van der Waals surface area contributed by atoms with Gasteiger partial charge in [0.15, 0.2) is 0 Å². The van der Waals surface area contributed by atoms with E-state index in [4.69, 9.17) is 15.2 Å². The van der Waals surface area contributed by atoms with Crippen LogP contribution in [0.4, 0.5) is 0 Å². The first kappa shape index (κ1) is 17.4. The van der Waals surface area contributed by atoms with Crippen LogP contribution >= 0.6 is 0 Å². The van der Waals surface area contributed by atoms with E-state index in [0.29, 0.717) is 6.54 Å². The number of aromatic nitrogens is 1. The van der Waals surface area contributed by atoms with E-state index in [1.807, 2.05) is 24.3 Å². The number of aromatic amines is 1. The molecule has 0 spiro atoms. The minimum atomic E-state index is 0.238. The number of nitrogens with one attached hydrogen (secondary N) is 1. The van der Waals surface area contributed by atoms with Crippen molar-refractivity contribution in [3.05, 3.63) is 59.8 Å². The van der Waals surface area contributed by atoms with Gasteiger partial charge in [0.25, 0.3) is 0 Å². The molecule has 0 fully saturated rings. The summed E-state index contributed by atoms with van der Waals surface area (Å²) in [6.45, 7) is 3.44. The Balaban J connectivity index is 1.85. The van der Waals surface area contributed by atoms with Gasteiger partial charge in [0.2, 0.25) is 0 Å². The number of methoxy groups -OCH3 is 1. The van der Waals surface area contributed by atoms with Crippen molar-refractivity contribution < 1.29 is 9.47 Å². The van der Waals surface area contributed by atoms with E-state index in [9.17, 15) is 0 Å². The van der Waals surface area contributed by atoms with Gasteiger partial charge in [-0.25, -0.2) is 0 Å². The van der Waals surface area contributed by atoms with E-state index in [1.54, 1.807) is 7.11 Å². The number of H-pyrrole nitrogens is 1. The molecule has 0 saturated carbocycles. The summed E-state index contributed by atoms with van der Waals surface area (Å²) in [6.07, 6.45) is 3.95. The Bertz CT molecular complexity index is 826. The van der Waals surface area contributed by atoms with Crippen molar-refractivity contribution in [2.75, 3.05) is 20.3 Å². The van der Waals surface area contributed by atoms with Crippen LogP contribution in [-0.4, -0.2) is 25.2 Å². The third-order valence-electron chi connectivity index (χ3n) is 4.50. The normalized spacial score (nSPS) is 12.3. The first-order valence-electron chi connectivity index (χ1n) is 8.82. The van der Waals surface area contributed by atoms with Crippen LogP contribution in [-0.2, 0) is 6.42 Å². The van der Waals surface area contributed by atoms with Crippen LogP contribution in [0.1, 0.15) is 30.4 Å². The molecule has 132 valence electrons. The average molecular weight is 338 g/mol. The van der Waals surface area contributed by atoms with E-state index >= 15 is 0 Å². The molecule has 0 aliphatic carbocycles. The molecule has 25 heavy (non-hydrogen) atoms. The SMILES string of the molecule is CCCOc1cccc(CC(CN)c2c[nH]c3ccc(OC)cc23)c1. The largest absolute Gasteiger partial charge is 0.497 e. The highest BCUT2D eigenvalue weighted by atomic mass is 16.5. The van der Waals surface area contributed by atoms with Crippen LogP contribution in [0.3, 0.4) is 0 Å². The molecule has 4 heteroatoms. The lowest BCUT2D eigenvalue weighted by molar-refractivity contribution is 0.317. The molecule has 3 rings (SSSR count). The molecule has 0 aliphatic rings. The lowest BCUT2D eigenvalue weighted by Gasteiger charge is -2.15. The third kappa shape index (κ3) is 3.97. The molecule has 2 aromatic carbocycles. The second-order valence-corrected chi connectivity index (χ2v) is 6.29. The van der Waals surface area contributed by atoms with Crippen molar-refractivity contribution in [2.45, 2.75) is 25.7 Å². The monoisotopic (exact) mass is 338 g/mol. The van der Waals surface area contributed by atoms with Gasteiger partial charge in [0, 0.05) is 23.0 Å². The van der Waals surface area contributed by atoms with Crippen LogP contribution in [0.25, 0.3) is 10.9 Å². The Morgan fingerprint density at radius 2 is 2.00 bits per heavy atom. The fourth-order valence-corrected chi connectivity index (χ4v) is 3.17. The topological polar surface area (TPSA) is 60.3 Å². The number of hydrogen-bond acceptors (Lipinski definition) is 3. The van der Waals surface area contributed by atoms with Crippen molar-refractivity contribution in [1.82, 2.24) is 4.98 Å². The zero-order chi connectivity index (χ0) is 17.6. The molecular formula is C21H26N2O2. The van der Waals surface area contributed by atoms with E-state index in [0.717, 1.165) is 36.5 Å². The first-order chi connectivity index (χ1) is 12.2. The molecule has 1 atom stereocenters. The zero-order valence-corrected chi connectivity index (χ0v) is 14.9. The smallest absolute Gasteiger partial charge is 0.119 e. The van der Waals surface area contributed by atoms with Gasteiger partial charge in [-0.05, 0) is 60.8 Å². The Labute approximate surface area is 149 Å². The van der Waals surface area contributed by atoms with E-state index in [1.165, 1.54) is 16.5 Å². The second-order valence-electron chi connectivity index (χ2n) is 6.29. The molecule has 4 nitrogen and oxygen atoms in total. The molecular weight excluding hydrogens is 312 g/mol. The van der Waals surface area contributed by atoms with Crippen LogP contribution in [0, 0.1) is 0 Å². The van der Waals surface area contributed by atoms with Gasteiger partial charge in [-0.3, -0.25) is 0 Å². The van der Waals surface area contributed by atoms with E-state index < -0.39 is 0 Å². The molecule has 0 saturated heterocycles. The summed E-state index contributed by atoms with van der Waals surface area (Å²) in [6, 6.07) is 14.4. The molecule has 0 radical (unpaired) electrons. The molecule has 0 amide bonds. The Morgan fingerprint density at radius 3 is 2.76 bits per heavy atom. The van der Waals surface area contributed by atoms with Crippen molar-refractivity contribution in [3.63, 3.8) is 0 Å². The summed E-state index contributed by atoms with van der Waals surface area (Å²) in [7, 11) is 1.69. The summed E-state index contributed by atoms with van der Waals surface area (Å²) < 4.78 is 11.1. The van der Waals surface area contributed by atoms with Gasteiger partial charge >= 0.3 is 0 Å². The highest BCUT2D eigenvalue weighted by Gasteiger charge is 2.16. The highest BCUT2D eigenvalue weighted by Crippen LogP contribution is 2.31. The average Bonchev–Trinajstić information content (AvgIpc) is 3.07. The van der Waals surface area contributed by atoms with Crippen molar-refractivity contribution in [2.24, 2.45) is 5.73 Å². The molecule has 1 unspecified atom stereocenters. The third-order valence-corrected chi connectivity index (χ3v) is 4.50.